The maximum absolute atomic E-state index is 12.5. The number of unbranched alkanes of at least 4 members (excludes halogenated alkanes) is 3. The van der Waals surface area contributed by atoms with Gasteiger partial charge in [-0.3, -0.25) is 9.59 Å². The minimum atomic E-state index is -0.573. The molecule has 6 heteroatoms. The summed E-state index contributed by atoms with van der Waals surface area (Å²) in [5, 5.41) is 18.7. The third-order valence-electron chi connectivity index (χ3n) is 10.2. The largest absolute Gasteiger partial charge is 0.465 e. The summed E-state index contributed by atoms with van der Waals surface area (Å²) >= 11 is 0. The third kappa shape index (κ3) is 13.2. The van der Waals surface area contributed by atoms with E-state index in [1.54, 1.807) is 6.92 Å². The van der Waals surface area contributed by atoms with Crippen molar-refractivity contribution in [3.05, 3.63) is 12.2 Å². The Morgan fingerprint density at radius 1 is 0.805 bits per heavy atom. The fraction of sp³-hybridized carbons (Fsp3) is 0.886. The van der Waals surface area contributed by atoms with Gasteiger partial charge in [-0.25, -0.2) is 0 Å². The van der Waals surface area contributed by atoms with Crippen molar-refractivity contribution >= 4 is 11.9 Å². The number of carbonyl (C=O) groups excluding carboxylic acids is 2. The number of ether oxygens (including phenoxy) is 2. The van der Waals surface area contributed by atoms with E-state index >= 15 is 0 Å². The van der Waals surface area contributed by atoms with Crippen molar-refractivity contribution in [3.8, 4) is 0 Å². The van der Waals surface area contributed by atoms with Crippen LogP contribution in [0.2, 0.25) is 0 Å². The molecule has 0 heterocycles. The standard InChI is InChI=1S/C35H62O6/c1-5-7-9-10-29-11-15-31(16-12-29)32-17-13-30(14-18-32)19-21-35(20-8-6-2,26-41-34(39)28(4)24-37)25-40-33(38)22-27(3)23-36/h28-32,36-37H,3,5-26H2,1-2,4H3. The molecule has 6 nitrogen and oxygen atoms in total. The molecule has 0 amide bonds. The van der Waals surface area contributed by atoms with Gasteiger partial charge in [0.25, 0.3) is 0 Å². The van der Waals surface area contributed by atoms with Crippen LogP contribution >= 0.6 is 0 Å². The molecule has 41 heavy (non-hydrogen) atoms. The highest BCUT2D eigenvalue weighted by atomic mass is 16.5. The molecule has 0 bridgehead atoms. The van der Waals surface area contributed by atoms with E-state index in [9.17, 15) is 19.8 Å². The van der Waals surface area contributed by atoms with Crippen LogP contribution in [0.4, 0.5) is 0 Å². The molecule has 2 unspecified atom stereocenters. The number of esters is 2. The van der Waals surface area contributed by atoms with E-state index in [0.29, 0.717) is 11.5 Å². The topological polar surface area (TPSA) is 93.1 Å². The van der Waals surface area contributed by atoms with Crippen LogP contribution in [-0.2, 0) is 19.1 Å². The molecule has 2 fully saturated rings. The van der Waals surface area contributed by atoms with Gasteiger partial charge >= 0.3 is 11.9 Å². The van der Waals surface area contributed by atoms with Gasteiger partial charge in [0, 0.05) is 5.41 Å². The average Bonchev–Trinajstić information content (AvgIpc) is 3.00. The molecule has 0 aromatic rings. The monoisotopic (exact) mass is 578 g/mol. The average molecular weight is 579 g/mol. The Hall–Kier alpha value is -1.40. The Kier molecular flexibility index (Phi) is 17.2. The molecule has 2 saturated carbocycles. The Labute approximate surface area is 251 Å². The van der Waals surface area contributed by atoms with Crippen molar-refractivity contribution < 1.29 is 29.3 Å². The van der Waals surface area contributed by atoms with Crippen LogP contribution in [0.1, 0.15) is 136 Å². The molecule has 0 spiro atoms. The predicted octanol–water partition coefficient (Wildman–Crippen LogP) is 7.79. The van der Waals surface area contributed by atoms with Crippen molar-refractivity contribution in [1.82, 2.24) is 0 Å². The molecular formula is C35H62O6. The molecule has 2 aliphatic carbocycles. The van der Waals surface area contributed by atoms with Crippen molar-refractivity contribution in [2.75, 3.05) is 26.4 Å². The second-order valence-corrected chi connectivity index (χ2v) is 13.6. The summed E-state index contributed by atoms with van der Waals surface area (Å²) < 4.78 is 11.4. The number of aliphatic hydroxyl groups excluding tert-OH is 2. The lowest BCUT2D eigenvalue weighted by molar-refractivity contribution is -0.158. The maximum Gasteiger partial charge on any atom is 0.311 e. The summed E-state index contributed by atoms with van der Waals surface area (Å²) in [6.45, 7) is 9.71. The highest BCUT2D eigenvalue weighted by Crippen LogP contribution is 2.44. The SMILES string of the molecule is C=C(CO)CC(=O)OCC(CCCC)(CCC1CCC(C2CCC(CCCCC)CC2)CC1)COC(=O)C(C)CO. The van der Waals surface area contributed by atoms with E-state index in [4.69, 9.17) is 9.47 Å². The summed E-state index contributed by atoms with van der Waals surface area (Å²) in [6.07, 6.45) is 21.1. The van der Waals surface area contributed by atoms with Gasteiger partial charge in [-0.15, -0.1) is 0 Å². The van der Waals surface area contributed by atoms with Crippen LogP contribution in [0.5, 0.6) is 0 Å². The molecule has 0 aromatic heterocycles. The summed E-state index contributed by atoms with van der Waals surface area (Å²) in [7, 11) is 0. The Morgan fingerprint density at radius 2 is 1.37 bits per heavy atom. The van der Waals surface area contributed by atoms with E-state index in [1.807, 2.05) is 0 Å². The number of aliphatic hydroxyl groups is 2. The molecule has 0 aromatic carbocycles. The zero-order valence-corrected chi connectivity index (χ0v) is 26.7. The number of hydrogen-bond donors (Lipinski definition) is 2. The van der Waals surface area contributed by atoms with Gasteiger partial charge in [-0.1, -0.05) is 84.6 Å². The number of carbonyl (C=O) groups is 2. The van der Waals surface area contributed by atoms with Gasteiger partial charge < -0.3 is 19.7 Å². The molecule has 0 radical (unpaired) electrons. The molecule has 0 aliphatic heterocycles. The zero-order valence-electron chi connectivity index (χ0n) is 26.7. The first-order valence-corrected chi connectivity index (χ1v) is 17.0. The number of rotatable bonds is 20. The lowest BCUT2D eigenvalue weighted by Gasteiger charge is -2.39. The van der Waals surface area contributed by atoms with Crippen LogP contribution in [0, 0.1) is 35.0 Å². The lowest BCUT2D eigenvalue weighted by atomic mass is 9.67. The highest BCUT2D eigenvalue weighted by Gasteiger charge is 2.36. The minimum absolute atomic E-state index is 0.00758. The maximum atomic E-state index is 12.5. The number of hydrogen-bond acceptors (Lipinski definition) is 6. The molecular weight excluding hydrogens is 516 g/mol. The highest BCUT2D eigenvalue weighted by molar-refractivity contribution is 5.72. The van der Waals surface area contributed by atoms with Gasteiger partial charge in [-0.05, 0) is 81.1 Å². The van der Waals surface area contributed by atoms with Crippen LogP contribution in [0.15, 0.2) is 12.2 Å². The molecule has 238 valence electrons. The molecule has 2 N–H and O–H groups in total. The smallest absolute Gasteiger partial charge is 0.311 e. The zero-order chi connectivity index (χ0) is 30.1. The Morgan fingerprint density at radius 3 is 1.90 bits per heavy atom. The Bertz CT molecular complexity index is 750. The first-order chi connectivity index (χ1) is 19.8. The second-order valence-electron chi connectivity index (χ2n) is 13.6. The van der Waals surface area contributed by atoms with E-state index in [0.717, 1.165) is 49.9 Å². The molecule has 0 saturated heterocycles. The van der Waals surface area contributed by atoms with Crippen molar-refractivity contribution in [2.45, 2.75) is 136 Å². The summed E-state index contributed by atoms with van der Waals surface area (Å²) in [4.78, 5) is 24.9. The van der Waals surface area contributed by atoms with Crippen LogP contribution in [0.25, 0.3) is 0 Å². The van der Waals surface area contributed by atoms with Crippen LogP contribution < -0.4 is 0 Å². The molecule has 2 rings (SSSR count). The van der Waals surface area contributed by atoms with Crippen LogP contribution in [0.3, 0.4) is 0 Å². The normalized spacial score (nSPS) is 25.2. The van der Waals surface area contributed by atoms with Gasteiger partial charge in [0.1, 0.15) is 13.2 Å². The second kappa shape index (κ2) is 19.7. The van der Waals surface area contributed by atoms with Crippen LogP contribution in [-0.4, -0.2) is 48.6 Å². The van der Waals surface area contributed by atoms with Gasteiger partial charge in [-0.2, -0.15) is 0 Å². The fourth-order valence-electron chi connectivity index (χ4n) is 7.08. The quantitative estimate of drug-likeness (QED) is 0.0870. The summed E-state index contributed by atoms with van der Waals surface area (Å²) in [6, 6.07) is 0. The van der Waals surface area contributed by atoms with Gasteiger partial charge in [0.15, 0.2) is 0 Å². The summed E-state index contributed by atoms with van der Waals surface area (Å²) in [5.74, 6) is 2.05. The van der Waals surface area contributed by atoms with Crippen molar-refractivity contribution in [2.24, 2.45) is 35.0 Å². The fourth-order valence-corrected chi connectivity index (χ4v) is 7.08. The molecule has 2 atom stereocenters. The minimum Gasteiger partial charge on any atom is -0.465 e. The Balaban J connectivity index is 1.93. The summed E-state index contributed by atoms with van der Waals surface area (Å²) in [5.41, 5.74) is -0.0107. The van der Waals surface area contributed by atoms with Crippen molar-refractivity contribution in [3.63, 3.8) is 0 Å². The van der Waals surface area contributed by atoms with Crippen molar-refractivity contribution in [1.29, 1.82) is 0 Å². The third-order valence-corrected chi connectivity index (χ3v) is 10.2. The first-order valence-electron chi connectivity index (χ1n) is 17.0. The van der Waals surface area contributed by atoms with E-state index in [-0.39, 0.29) is 32.8 Å². The predicted molar refractivity (Wildman–Crippen MR) is 165 cm³/mol. The van der Waals surface area contributed by atoms with E-state index in [2.05, 4.69) is 20.4 Å². The van der Waals surface area contributed by atoms with Gasteiger partial charge in [0.05, 0.1) is 25.6 Å². The van der Waals surface area contributed by atoms with E-state index < -0.39 is 23.3 Å². The van der Waals surface area contributed by atoms with E-state index in [1.165, 1.54) is 77.0 Å². The van der Waals surface area contributed by atoms with Gasteiger partial charge in [0.2, 0.25) is 0 Å². The molecule has 2 aliphatic rings. The first kappa shape index (κ1) is 35.8. The lowest BCUT2D eigenvalue weighted by Crippen LogP contribution is -2.36.